The molecule has 0 amide bonds. The van der Waals surface area contributed by atoms with Gasteiger partial charge in [-0.2, -0.15) is 0 Å². The zero-order valence-electron chi connectivity index (χ0n) is 32.4. The second-order valence-electron chi connectivity index (χ2n) is 14.8. The van der Waals surface area contributed by atoms with Gasteiger partial charge in [-0.25, -0.2) is 0 Å². The molecule has 1 fully saturated rings. The number of hydrogen-bond donors (Lipinski definition) is 4. The fourth-order valence-electron chi connectivity index (χ4n) is 6.67. The Hall–Kier alpha value is -0.810. The van der Waals surface area contributed by atoms with Crippen LogP contribution in [-0.2, 0) is 23.7 Å². The summed E-state index contributed by atoms with van der Waals surface area (Å²) in [6.45, 7) is 4.57. The van der Waals surface area contributed by atoms with E-state index in [2.05, 4.69) is 13.8 Å². The van der Waals surface area contributed by atoms with Crippen molar-refractivity contribution in [2.24, 2.45) is 0 Å². The molecule has 0 aromatic carbocycles. The van der Waals surface area contributed by atoms with Crippen molar-refractivity contribution in [3.63, 3.8) is 0 Å². The predicted molar refractivity (Wildman–Crippen MR) is 201 cm³/mol. The summed E-state index contributed by atoms with van der Waals surface area (Å²) in [6.07, 6.45) is 27.1. The van der Waals surface area contributed by atoms with E-state index in [0.29, 0.717) is 13.0 Å². The molecule has 1 aliphatic rings. The van der Waals surface area contributed by atoms with Crippen LogP contribution in [0.1, 0.15) is 194 Å². The second kappa shape index (κ2) is 34.0. The summed E-state index contributed by atoms with van der Waals surface area (Å²) in [4.78, 5) is 12.7. The SMILES string of the molecule is CCCCCCCCCCCCCCCCCCCCOCC(COC1OC(CO)C(O)C(O)C1O)OC(=O)CCCCCCCCCCC. The summed E-state index contributed by atoms with van der Waals surface area (Å²) in [7, 11) is 0. The number of hydrogen-bond acceptors (Lipinski definition) is 9. The Kier molecular flexibility index (Phi) is 32.1. The summed E-state index contributed by atoms with van der Waals surface area (Å²) < 4.78 is 22.7. The van der Waals surface area contributed by atoms with Gasteiger partial charge in [0.1, 0.15) is 30.5 Å². The molecule has 0 aliphatic carbocycles. The molecule has 0 spiro atoms. The maximum Gasteiger partial charge on any atom is 0.306 e. The van der Waals surface area contributed by atoms with Gasteiger partial charge in [-0.05, 0) is 12.8 Å². The van der Waals surface area contributed by atoms with Gasteiger partial charge in [0.15, 0.2) is 6.29 Å². The third kappa shape index (κ3) is 25.2. The van der Waals surface area contributed by atoms with Crippen LogP contribution in [0.3, 0.4) is 0 Å². The number of aliphatic hydroxyl groups excluding tert-OH is 4. The molecule has 0 saturated carbocycles. The number of ether oxygens (including phenoxy) is 4. The first-order valence-corrected chi connectivity index (χ1v) is 21.1. The largest absolute Gasteiger partial charge is 0.457 e. The molecular formula is C41H80O9. The predicted octanol–water partition coefficient (Wildman–Crippen LogP) is 8.69. The van der Waals surface area contributed by atoms with Gasteiger partial charge in [0.25, 0.3) is 0 Å². The first kappa shape index (κ1) is 47.2. The number of aliphatic hydroxyl groups is 4. The Morgan fingerprint density at radius 2 is 0.980 bits per heavy atom. The molecule has 0 radical (unpaired) electrons. The molecule has 0 bridgehead atoms. The third-order valence-electron chi connectivity index (χ3n) is 10.0. The van der Waals surface area contributed by atoms with Gasteiger partial charge >= 0.3 is 5.97 Å². The van der Waals surface area contributed by atoms with Crippen LogP contribution < -0.4 is 0 Å². The Morgan fingerprint density at radius 3 is 1.42 bits per heavy atom. The van der Waals surface area contributed by atoms with Crippen LogP contribution in [-0.4, -0.2) is 89.6 Å². The Bertz CT molecular complexity index is 737. The zero-order chi connectivity index (χ0) is 36.5. The van der Waals surface area contributed by atoms with Gasteiger partial charge < -0.3 is 39.4 Å². The molecule has 0 aromatic heterocycles. The lowest BCUT2D eigenvalue weighted by atomic mass is 9.99. The standard InChI is InChI=1S/C41H80O9/c1-3-5-7-9-11-13-14-15-16-17-18-19-20-21-23-25-27-29-31-47-33-35(34-48-41-40(46)39(45)38(44)36(32-42)50-41)49-37(43)30-28-26-24-22-12-10-8-6-4-2/h35-36,38-42,44-46H,3-34H2,1-2H3. The van der Waals surface area contributed by atoms with Crippen molar-refractivity contribution in [3.05, 3.63) is 0 Å². The normalized spacial score (nSPS) is 21.4. The molecule has 9 heteroatoms. The van der Waals surface area contributed by atoms with Gasteiger partial charge in [-0.3, -0.25) is 4.79 Å². The molecule has 9 nitrogen and oxygen atoms in total. The van der Waals surface area contributed by atoms with Crippen molar-refractivity contribution < 1.29 is 44.2 Å². The molecule has 1 heterocycles. The van der Waals surface area contributed by atoms with E-state index in [4.69, 9.17) is 18.9 Å². The molecular weight excluding hydrogens is 636 g/mol. The number of unbranched alkanes of at least 4 members (excludes halogenated alkanes) is 25. The second-order valence-corrected chi connectivity index (χ2v) is 14.8. The first-order chi connectivity index (χ1) is 24.4. The van der Waals surface area contributed by atoms with Gasteiger partial charge in [-0.15, -0.1) is 0 Å². The lowest BCUT2D eigenvalue weighted by Crippen LogP contribution is -2.59. The Balaban J connectivity index is 2.22. The fraction of sp³-hybridized carbons (Fsp3) is 0.976. The summed E-state index contributed by atoms with van der Waals surface area (Å²) >= 11 is 0. The summed E-state index contributed by atoms with van der Waals surface area (Å²) in [6, 6.07) is 0. The summed E-state index contributed by atoms with van der Waals surface area (Å²) in [5, 5.41) is 39.9. The maximum atomic E-state index is 12.7. The zero-order valence-corrected chi connectivity index (χ0v) is 32.4. The highest BCUT2D eigenvalue weighted by molar-refractivity contribution is 5.69. The molecule has 4 N–H and O–H groups in total. The quantitative estimate of drug-likeness (QED) is 0.0371. The van der Waals surface area contributed by atoms with Gasteiger partial charge in [0.2, 0.25) is 0 Å². The van der Waals surface area contributed by atoms with E-state index in [0.717, 1.165) is 32.1 Å². The van der Waals surface area contributed by atoms with E-state index in [1.807, 2.05) is 0 Å². The molecule has 1 rings (SSSR count). The Morgan fingerprint density at radius 1 is 0.560 bits per heavy atom. The highest BCUT2D eigenvalue weighted by Crippen LogP contribution is 2.22. The van der Waals surface area contributed by atoms with Crippen LogP contribution in [0.25, 0.3) is 0 Å². The first-order valence-electron chi connectivity index (χ1n) is 21.1. The topological polar surface area (TPSA) is 135 Å². The highest BCUT2D eigenvalue weighted by Gasteiger charge is 2.44. The van der Waals surface area contributed by atoms with E-state index in [9.17, 15) is 25.2 Å². The third-order valence-corrected chi connectivity index (χ3v) is 10.0. The van der Waals surface area contributed by atoms with E-state index >= 15 is 0 Å². The summed E-state index contributed by atoms with van der Waals surface area (Å²) in [5.74, 6) is -0.313. The van der Waals surface area contributed by atoms with Crippen LogP contribution in [0.2, 0.25) is 0 Å². The maximum absolute atomic E-state index is 12.7. The highest BCUT2D eigenvalue weighted by atomic mass is 16.7. The molecule has 298 valence electrons. The average Bonchev–Trinajstić information content (AvgIpc) is 3.11. The number of rotatable bonds is 36. The lowest BCUT2D eigenvalue weighted by Gasteiger charge is -2.39. The van der Waals surface area contributed by atoms with Crippen LogP contribution in [0.4, 0.5) is 0 Å². The molecule has 50 heavy (non-hydrogen) atoms. The van der Waals surface area contributed by atoms with Gasteiger partial charge in [0.05, 0.1) is 19.8 Å². The lowest BCUT2D eigenvalue weighted by molar-refractivity contribution is -0.305. The molecule has 1 saturated heterocycles. The van der Waals surface area contributed by atoms with Crippen molar-refractivity contribution >= 4 is 5.97 Å². The monoisotopic (exact) mass is 717 g/mol. The average molecular weight is 717 g/mol. The Labute approximate surface area is 306 Å². The van der Waals surface area contributed by atoms with Crippen molar-refractivity contribution in [2.45, 2.75) is 230 Å². The van der Waals surface area contributed by atoms with Crippen LogP contribution in [0, 0.1) is 0 Å². The van der Waals surface area contributed by atoms with Crippen molar-refractivity contribution in [3.8, 4) is 0 Å². The van der Waals surface area contributed by atoms with Crippen molar-refractivity contribution in [2.75, 3.05) is 26.4 Å². The smallest absolute Gasteiger partial charge is 0.306 e. The van der Waals surface area contributed by atoms with Crippen molar-refractivity contribution in [1.82, 2.24) is 0 Å². The van der Waals surface area contributed by atoms with E-state index in [1.54, 1.807) is 0 Å². The molecule has 1 aliphatic heterocycles. The fourth-order valence-corrected chi connectivity index (χ4v) is 6.67. The minimum atomic E-state index is -1.53. The van der Waals surface area contributed by atoms with Gasteiger partial charge in [0, 0.05) is 13.0 Å². The van der Waals surface area contributed by atoms with Crippen LogP contribution in [0.15, 0.2) is 0 Å². The summed E-state index contributed by atoms with van der Waals surface area (Å²) in [5.41, 5.74) is 0. The van der Waals surface area contributed by atoms with E-state index in [-0.39, 0.29) is 19.2 Å². The van der Waals surface area contributed by atoms with Crippen LogP contribution in [0.5, 0.6) is 0 Å². The van der Waals surface area contributed by atoms with Crippen LogP contribution >= 0.6 is 0 Å². The molecule has 0 aromatic rings. The minimum Gasteiger partial charge on any atom is -0.457 e. The van der Waals surface area contributed by atoms with E-state index < -0.39 is 43.4 Å². The van der Waals surface area contributed by atoms with Crippen molar-refractivity contribution in [1.29, 1.82) is 0 Å². The molecule has 6 unspecified atom stereocenters. The number of carbonyl (C=O) groups is 1. The number of carbonyl (C=O) groups excluding carboxylic acids is 1. The number of esters is 1. The van der Waals surface area contributed by atoms with E-state index in [1.165, 1.54) is 141 Å². The minimum absolute atomic E-state index is 0.106. The van der Waals surface area contributed by atoms with Gasteiger partial charge in [-0.1, -0.05) is 174 Å². The molecule has 6 atom stereocenters.